The molecule has 0 aromatic carbocycles. The van der Waals surface area contributed by atoms with Gasteiger partial charge in [-0.1, -0.05) is 5.16 Å². The smallest absolute Gasteiger partial charge is 0.169 e. The van der Waals surface area contributed by atoms with Gasteiger partial charge in [0.1, 0.15) is 6.26 Å². The maximum Gasteiger partial charge on any atom is 0.169 e. The van der Waals surface area contributed by atoms with Crippen molar-refractivity contribution in [3.8, 4) is 0 Å². The van der Waals surface area contributed by atoms with Gasteiger partial charge in [0.15, 0.2) is 5.82 Å². The minimum Gasteiger partial charge on any atom is -0.363 e. The van der Waals surface area contributed by atoms with Crippen LogP contribution in [0.25, 0.3) is 0 Å². The van der Waals surface area contributed by atoms with Crippen LogP contribution in [0.2, 0.25) is 0 Å². The summed E-state index contributed by atoms with van der Waals surface area (Å²) >= 11 is 1.68. The highest BCUT2D eigenvalue weighted by Gasteiger charge is 1.99. The van der Waals surface area contributed by atoms with Crippen LogP contribution in [0.4, 0.5) is 5.82 Å². The summed E-state index contributed by atoms with van der Waals surface area (Å²) in [6, 6.07) is 1.79. The second-order valence-electron chi connectivity index (χ2n) is 2.58. The maximum absolute atomic E-state index is 4.68. The lowest BCUT2D eigenvalue weighted by molar-refractivity contribution is 0.422. The third kappa shape index (κ3) is 2.06. The minimum absolute atomic E-state index is 0.748. The van der Waals surface area contributed by atoms with E-state index in [4.69, 9.17) is 0 Å². The first-order valence-corrected chi connectivity index (χ1v) is 4.72. The number of rotatable bonds is 3. The molecule has 0 amide bonds. The molecule has 0 unspecified atom stereocenters. The van der Waals surface area contributed by atoms with Crippen molar-refractivity contribution >= 4 is 17.2 Å². The van der Waals surface area contributed by atoms with Crippen molar-refractivity contribution in [3.05, 3.63) is 28.4 Å². The highest BCUT2D eigenvalue weighted by atomic mass is 32.1. The molecule has 4 nitrogen and oxygen atoms in total. The first-order chi connectivity index (χ1) is 6.34. The number of thiazole rings is 1. The second kappa shape index (κ2) is 3.57. The van der Waals surface area contributed by atoms with Crippen molar-refractivity contribution in [1.82, 2.24) is 10.1 Å². The minimum atomic E-state index is 0.748. The number of anilines is 1. The Bertz CT molecular complexity index is 368. The number of aromatic nitrogens is 2. The molecular formula is C8H9N3OS. The molecule has 0 fully saturated rings. The summed E-state index contributed by atoms with van der Waals surface area (Å²) in [5.74, 6) is 0.756. The lowest BCUT2D eigenvalue weighted by atomic mass is 10.5. The largest absolute Gasteiger partial charge is 0.363 e. The third-order valence-electron chi connectivity index (χ3n) is 1.55. The Kier molecular flexibility index (Phi) is 2.27. The summed E-state index contributed by atoms with van der Waals surface area (Å²) in [6.45, 7) is 2.74. The van der Waals surface area contributed by atoms with Crippen LogP contribution in [0.3, 0.4) is 0 Å². The molecule has 0 aliphatic carbocycles. The molecule has 1 N–H and O–H groups in total. The second-order valence-corrected chi connectivity index (χ2v) is 3.90. The van der Waals surface area contributed by atoms with Gasteiger partial charge in [-0.25, -0.2) is 4.98 Å². The molecule has 0 radical (unpaired) electrons. The Morgan fingerprint density at radius 2 is 2.54 bits per heavy atom. The van der Waals surface area contributed by atoms with Gasteiger partial charge in [-0.3, -0.25) is 0 Å². The van der Waals surface area contributed by atoms with Crippen molar-refractivity contribution in [2.45, 2.75) is 13.5 Å². The van der Waals surface area contributed by atoms with E-state index < -0.39 is 0 Å². The fourth-order valence-corrected chi connectivity index (χ4v) is 1.70. The molecule has 0 aliphatic rings. The van der Waals surface area contributed by atoms with Gasteiger partial charge in [0.05, 0.1) is 11.6 Å². The average molecular weight is 195 g/mol. The van der Waals surface area contributed by atoms with E-state index in [0.29, 0.717) is 0 Å². The van der Waals surface area contributed by atoms with Crippen LogP contribution in [0.15, 0.2) is 23.0 Å². The number of hydrogen-bond acceptors (Lipinski definition) is 5. The summed E-state index contributed by atoms with van der Waals surface area (Å²) in [7, 11) is 0. The molecule has 0 aliphatic heterocycles. The molecule has 0 saturated carbocycles. The van der Waals surface area contributed by atoms with E-state index in [1.807, 2.05) is 13.1 Å². The van der Waals surface area contributed by atoms with Crippen LogP contribution < -0.4 is 5.32 Å². The van der Waals surface area contributed by atoms with E-state index in [2.05, 4.69) is 20.0 Å². The normalized spacial score (nSPS) is 10.2. The molecule has 0 spiro atoms. The lowest BCUT2D eigenvalue weighted by Gasteiger charge is -1.96. The molecule has 2 aromatic heterocycles. The topological polar surface area (TPSA) is 51.0 Å². The Balaban J connectivity index is 1.93. The van der Waals surface area contributed by atoms with E-state index in [1.165, 1.54) is 4.88 Å². The van der Waals surface area contributed by atoms with Crippen LogP contribution >= 0.6 is 11.3 Å². The maximum atomic E-state index is 4.68. The predicted octanol–water partition coefficient (Wildman–Crippen LogP) is 2.05. The quantitative estimate of drug-likeness (QED) is 0.814. The van der Waals surface area contributed by atoms with Crippen LogP contribution in [0, 0.1) is 6.92 Å². The Labute approximate surface area is 79.6 Å². The molecule has 68 valence electrons. The summed E-state index contributed by atoms with van der Waals surface area (Å²) in [5.41, 5.74) is 0. The number of nitrogens with zero attached hydrogens (tertiary/aromatic N) is 2. The summed E-state index contributed by atoms with van der Waals surface area (Å²) in [5, 5.41) is 7.94. The number of aryl methyl sites for hydroxylation is 1. The average Bonchev–Trinajstić information content (AvgIpc) is 2.71. The van der Waals surface area contributed by atoms with Crippen molar-refractivity contribution in [3.63, 3.8) is 0 Å². The monoisotopic (exact) mass is 195 g/mol. The summed E-state index contributed by atoms with van der Waals surface area (Å²) in [4.78, 5) is 5.35. The molecule has 13 heavy (non-hydrogen) atoms. The van der Waals surface area contributed by atoms with Gasteiger partial charge in [0, 0.05) is 17.1 Å². The SMILES string of the molecule is Cc1ncc(CNc2ccon2)s1. The van der Waals surface area contributed by atoms with E-state index in [1.54, 1.807) is 23.7 Å². The van der Waals surface area contributed by atoms with Gasteiger partial charge in [0.25, 0.3) is 0 Å². The fourth-order valence-electron chi connectivity index (χ4n) is 0.968. The van der Waals surface area contributed by atoms with Crippen LogP contribution in [-0.4, -0.2) is 10.1 Å². The van der Waals surface area contributed by atoms with E-state index in [-0.39, 0.29) is 0 Å². The Hall–Kier alpha value is -1.36. The van der Waals surface area contributed by atoms with Crippen molar-refractivity contribution in [2.75, 3.05) is 5.32 Å². The van der Waals surface area contributed by atoms with E-state index >= 15 is 0 Å². The molecule has 5 heteroatoms. The standard InChI is InChI=1S/C8H9N3OS/c1-6-9-4-7(13-6)5-10-8-2-3-12-11-8/h2-4H,5H2,1H3,(H,10,11). The number of nitrogens with one attached hydrogen (secondary N) is 1. The summed E-state index contributed by atoms with van der Waals surface area (Å²) in [6.07, 6.45) is 3.41. The highest BCUT2D eigenvalue weighted by molar-refractivity contribution is 7.11. The number of hydrogen-bond donors (Lipinski definition) is 1. The molecule has 2 heterocycles. The summed E-state index contributed by atoms with van der Waals surface area (Å²) < 4.78 is 4.68. The van der Waals surface area contributed by atoms with Crippen LogP contribution in [0.5, 0.6) is 0 Å². The van der Waals surface area contributed by atoms with Crippen LogP contribution in [-0.2, 0) is 6.54 Å². The molecular weight excluding hydrogens is 186 g/mol. The van der Waals surface area contributed by atoms with Gasteiger partial charge in [-0.2, -0.15) is 0 Å². The van der Waals surface area contributed by atoms with Crippen molar-refractivity contribution in [1.29, 1.82) is 0 Å². The van der Waals surface area contributed by atoms with Crippen molar-refractivity contribution in [2.24, 2.45) is 0 Å². The molecule has 2 aromatic rings. The molecule has 2 rings (SSSR count). The van der Waals surface area contributed by atoms with Gasteiger partial charge in [-0.15, -0.1) is 11.3 Å². The van der Waals surface area contributed by atoms with Gasteiger partial charge < -0.3 is 9.84 Å². The third-order valence-corrected chi connectivity index (χ3v) is 2.46. The lowest BCUT2D eigenvalue weighted by Crippen LogP contribution is -1.96. The Morgan fingerprint density at radius 3 is 3.15 bits per heavy atom. The van der Waals surface area contributed by atoms with Crippen LogP contribution in [0.1, 0.15) is 9.88 Å². The Morgan fingerprint density at radius 1 is 1.62 bits per heavy atom. The van der Waals surface area contributed by atoms with Gasteiger partial charge in [0.2, 0.25) is 0 Å². The molecule has 0 bridgehead atoms. The fraction of sp³-hybridized carbons (Fsp3) is 0.250. The first-order valence-electron chi connectivity index (χ1n) is 3.90. The zero-order valence-electron chi connectivity index (χ0n) is 7.15. The zero-order chi connectivity index (χ0) is 9.10. The predicted molar refractivity (Wildman–Crippen MR) is 50.7 cm³/mol. The highest BCUT2D eigenvalue weighted by Crippen LogP contribution is 2.13. The first kappa shape index (κ1) is 8.25. The molecule has 0 atom stereocenters. The zero-order valence-corrected chi connectivity index (χ0v) is 7.97. The van der Waals surface area contributed by atoms with E-state index in [9.17, 15) is 0 Å². The van der Waals surface area contributed by atoms with Gasteiger partial charge >= 0.3 is 0 Å². The van der Waals surface area contributed by atoms with E-state index in [0.717, 1.165) is 17.4 Å². The molecule has 0 saturated heterocycles. The van der Waals surface area contributed by atoms with Gasteiger partial charge in [-0.05, 0) is 6.92 Å². The van der Waals surface area contributed by atoms with Crippen molar-refractivity contribution < 1.29 is 4.52 Å².